The molecule has 2 heterocycles. The zero-order valence-corrected chi connectivity index (χ0v) is 17.1. The molecular formula is C19H23F2N5O3S. The van der Waals surface area contributed by atoms with Crippen LogP contribution >= 0.6 is 11.5 Å². The Morgan fingerprint density at radius 2 is 2.03 bits per heavy atom. The van der Waals surface area contributed by atoms with Crippen molar-refractivity contribution in [3.05, 3.63) is 41.0 Å². The van der Waals surface area contributed by atoms with Gasteiger partial charge in [0.15, 0.2) is 11.6 Å². The fourth-order valence-corrected chi connectivity index (χ4v) is 3.88. The number of hydrogen-bond acceptors (Lipinski definition) is 6. The lowest BCUT2D eigenvalue weighted by Crippen LogP contribution is -2.32. The van der Waals surface area contributed by atoms with Crippen LogP contribution in [0.25, 0.3) is 0 Å². The Kier molecular flexibility index (Phi) is 7.52. The Labute approximate surface area is 176 Å². The number of hydrogen-bond donors (Lipinski definition) is 3. The Balaban J connectivity index is 1.54. The van der Waals surface area contributed by atoms with Crippen molar-refractivity contribution in [3.63, 3.8) is 0 Å². The van der Waals surface area contributed by atoms with Crippen molar-refractivity contribution in [2.75, 3.05) is 31.5 Å². The second-order valence-corrected chi connectivity index (χ2v) is 7.61. The van der Waals surface area contributed by atoms with E-state index in [1.54, 1.807) is 0 Å². The van der Waals surface area contributed by atoms with Gasteiger partial charge >= 0.3 is 6.03 Å². The molecule has 1 aliphatic rings. The first-order valence-corrected chi connectivity index (χ1v) is 10.4. The maximum absolute atomic E-state index is 13.8. The van der Waals surface area contributed by atoms with Crippen molar-refractivity contribution >= 4 is 28.5 Å². The van der Waals surface area contributed by atoms with Crippen LogP contribution in [0, 0.1) is 11.6 Å². The maximum Gasteiger partial charge on any atom is 0.319 e. The lowest BCUT2D eigenvalue weighted by Gasteiger charge is -2.14. The van der Waals surface area contributed by atoms with Crippen LogP contribution in [0.5, 0.6) is 5.88 Å². The molecule has 1 saturated heterocycles. The van der Waals surface area contributed by atoms with Crippen molar-refractivity contribution in [3.8, 4) is 5.88 Å². The van der Waals surface area contributed by atoms with Crippen molar-refractivity contribution in [1.82, 2.24) is 14.6 Å². The molecule has 30 heavy (non-hydrogen) atoms. The summed E-state index contributed by atoms with van der Waals surface area (Å²) in [4.78, 5) is 26.3. The summed E-state index contributed by atoms with van der Waals surface area (Å²) in [5.41, 5.74) is 5.23. The summed E-state index contributed by atoms with van der Waals surface area (Å²) in [5.74, 6) is -3.06. The van der Waals surface area contributed by atoms with E-state index >= 15 is 0 Å². The average Bonchev–Trinajstić information content (AvgIpc) is 3.36. The molecule has 1 aliphatic heterocycles. The van der Waals surface area contributed by atoms with E-state index < -0.39 is 23.6 Å². The zero-order valence-electron chi connectivity index (χ0n) is 16.2. The molecule has 0 bridgehead atoms. The molecule has 0 unspecified atom stereocenters. The monoisotopic (exact) mass is 439 g/mol. The lowest BCUT2D eigenvalue weighted by atomic mass is 10.2. The fraction of sp³-hybridized carbons (Fsp3) is 0.421. The van der Waals surface area contributed by atoms with Crippen molar-refractivity contribution in [2.45, 2.75) is 25.9 Å². The van der Waals surface area contributed by atoms with Gasteiger partial charge in [-0.25, -0.2) is 13.6 Å². The van der Waals surface area contributed by atoms with E-state index in [2.05, 4.69) is 19.9 Å². The van der Waals surface area contributed by atoms with Gasteiger partial charge in [0.1, 0.15) is 17.2 Å². The molecule has 0 aliphatic carbocycles. The van der Waals surface area contributed by atoms with Gasteiger partial charge in [0.25, 0.3) is 5.91 Å². The zero-order chi connectivity index (χ0) is 21.5. The van der Waals surface area contributed by atoms with Gasteiger partial charge in [0.05, 0.1) is 0 Å². The summed E-state index contributed by atoms with van der Waals surface area (Å²) in [7, 11) is 0. The number of anilines is 1. The molecule has 162 valence electrons. The van der Waals surface area contributed by atoms with Gasteiger partial charge in [-0.2, -0.15) is 4.37 Å². The number of benzene rings is 1. The molecule has 0 atom stereocenters. The molecule has 1 fully saturated rings. The summed E-state index contributed by atoms with van der Waals surface area (Å²) in [6.07, 6.45) is 3.24. The van der Waals surface area contributed by atoms with E-state index in [-0.39, 0.29) is 28.6 Å². The van der Waals surface area contributed by atoms with Crippen LogP contribution in [-0.2, 0) is 6.61 Å². The summed E-state index contributed by atoms with van der Waals surface area (Å²) < 4.78 is 36.4. The SMILES string of the molecule is NC(=O)c1c(OCc2cccc(F)c2F)nsc1NC(=O)NCCCN1CCCC1. The Bertz CT molecular complexity index is 902. The molecule has 8 nitrogen and oxygen atoms in total. The van der Waals surface area contributed by atoms with Crippen molar-refractivity contribution in [2.24, 2.45) is 5.73 Å². The van der Waals surface area contributed by atoms with Crippen LogP contribution in [-0.4, -0.2) is 47.4 Å². The number of carbonyl (C=O) groups excluding carboxylic acids is 2. The van der Waals surface area contributed by atoms with Crippen LogP contribution in [0.4, 0.5) is 18.6 Å². The number of nitrogens with zero attached hydrogens (tertiary/aromatic N) is 2. The van der Waals surface area contributed by atoms with Crippen LogP contribution < -0.4 is 21.1 Å². The Hall–Kier alpha value is -2.79. The largest absolute Gasteiger partial charge is 0.471 e. The highest BCUT2D eigenvalue weighted by molar-refractivity contribution is 7.11. The van der Waals surface area contributed by atoms with Gasteiger partial charge in [-0.15, -0.1) is 0 Å². The minimum absolute atomic E-state index is 0.0383. The van der Waals surface area contributed by atoms with E-state index in [1.165, 1.54) is 25.0 Å². The maximum atomic E-state index is 13.8. The van der Waals surface area contributed by atoms with Crippen LogP contribution in [0.1, 0.15) is 35.2 Å². The number of aromatic nitrogens is 1. The second-order valence-electron chi connectivity index (χ2n) is 6.84. The molecule has 1 aromatic carbocycles. The topological polar surface area (TPSA) is 110 Å². The van der Waals surface area contributed by atoms with Crippen LogP contribution in [0.2, 0.25) is 0 Å². The summed E-state index contributed by atoms with van der Waals surface area (Å²) in [6.45, 7) is 3.24. The van der Waals surface area contributed by atoms with Crippen LogP contribution in [0.15, 0.2) is 18.2 Å². The van der Waals surface area contributed by atoms with Gasteiger partial charge in [-0.1, -0.05) is 12.1 Å². The highest BCUT2D eigenvalue weighted by Gasteiger charge is 2.22. The summed E-state index contributed by atoms with van der Waals surface area (Å²) in [5, 5.41) is 5.38. The van der Waals surface area contributed by atoms with Gasteiger partial charge < -0.3 is 20.7 Å². The minimum Gasteiger partial charge on any atom is -0.471 e. The predicted molar refractivity (Wildman–Crippen MR) is 109 cm³/mol. The number of halogens is 2. The first-order valence-electron chi connectivity index (χ1n) is 9.58. The predicted octanol–water partition coefficient (Wildman–Crippen LogP) is 2.71. The van der Waals surface area contributed by atoms with Crippen molar-refractivity contribution in [1.29, 1.82) is 0 Å². The molecule has 0 saturated carbocycles. The van der Waals surface area contributed by atoms with E-state index in [0.717, 1.165) is 43.7 Å². The van der Waals surface area contributed by atoms with Gasteiger partial charge in [-0.3, -0.25) is 10.1 Å². The number of carbonyl (C=O) groups is 2. The molecule has 1 aromatic heterocycles. The number of primary amides is 1. The number of likely N-dealkylation sites (tertiary alicyclic amines) is 1. The molecular weight excluding hydrogens is 416 g/mol. The van der Waals surface area contributed by atoms with E-state index in [9.17, 15) is 18.4 Å². The van der Waals surface area contributed by atoms with E-state index in [4.69, 9.17) is 10.5 Å². The standard InChI is InChI=1S/C19H23F2N5O3S/c20-13-6-3-5-12(15(13)21)11-29-17-14(16(22)27)18(30-25-17)24-19(28)23-7-4-10-26-8-1-2-9-26/h3,5-6H,1-2,4,7-11H2,(H2,22,27)(H2,23,24,28). The van der Waals surface area contributed by atoms with Gasteiger partial charge in [-0.05, 0) is 56.5 Å². The highest BCUT2D eigenvalue weighted by Crippen LogP contribution is 2.31. The average molecular weight is 439 g/mol. The highest BCUT2D eigenvalue weighted by atomic mass is 32.1. The van der Waals surface area contributed by atoms with Crippen LogP contribution in [0.3, 0.4) is 0 Å². The number of rotatable bonds is 9. The first-order chi connectivity index (χ1) is 14.5. The first kappa shape index (κ1) is 21.9. The molecule has 3 amide bonds. The Morgan fingerprint density at radius 1 is 1.27 bits per heavy atom. The second kappa shape index (κ2) is 10.3. The summed E-state index contributed by atoms with van der Waals surface area (Å²) in [6, 6.07) is 3.19. The molecule has 11 heteroatoms. The van der Waals surface area contributed by atoms with E-state index in [0.29, 0.717) is 6.54 Å². The number of nitrogens with one attached hydrogen (secondary N) is 2. The normalized spacial score (nSPS) is 13.9. The third-order valence-corrected chi connectivity index (χ3v) is 5.41. The quantitative estimate of drug-likeness (QED) is 0.521. The van der Waals surface area contributed by atoms with E-state index in [1.807, 2.05) is 0 Å². The lowest BCUT2D eigenvalue weighted by molar-refractivity contribution is 0.0996. The Morgan fingerprint density at radius 3 is 2.77 bits per heavy atom. The molecule has 4 N–H and O–H groups in total. The minimum atomic E-state index is -1.04. The third kappa shape index (κ3) is 5.63. The molecule has 3 rings (SSSR count). The van der Waals surface area contributed by atoms with Crippen molar-refractivity contribution < 1.29 is 23.1 Å². The number of urea groups is 1. The fourth-order valence-electron chi connectivity index (χ4n) is 3.14. The smallest absolute Gasteiger partial charge is 0.319 e. The number of amides is 3. The number of nitrogens with two attached hydrogens (primary N) is 1. The third-order valence-electron chi connectivity index (χ3n) is 4.67. The van der Waals surface area contributed by atoms with Gasteiger partial charge in [0.2, 0.25) is 5.88 Å². The molecule has 0 radical (unpaired) electrons. The molecule has 0 spiro atoms. The molecule has 2 aromatic rings. The van der Waals surface area contributed by atoms with Gasteiger partial charge in [0, 0.05) is 12.1 Å². The summed E-state index contributed by atoms with van der Waals surface area (Å²) >= 11 is 0.811. The number of ether oxygens (including phenoxy) is 1.